The molecule has 3 aromatic heterocycles. The molecule has 0 bridgehead atoms. The minimum absolute atomic E-state index is 0.199. The third kappa shape index (κ3) is 5.50. The Bertz CT molecular complexity index is 985. The highest BCUT2D eigenvalue weighted by Gasteiger charge is 2.18. The molecule has 0 amide bonds. The average molecular weight is 428 g/mol. The van der Waals surface area contributed by atoms with Gasteiger partial charge < -0.3 is 9.30 Å². The summed E-state index contributed by atoms with van der Waals surface area (Å²) in [4.78, 5) is 14.6. The van der Waals surface area contributed by atoms with Crippen molar-refractivity contribution in [2.24, 2.45) is 0 Å². The molecular formula is C21H29N5OSSi. The standard InChI is InChI=1S/C21H29N5OSSi/c1-5-6-16(7-9-22)21-23-13-18(28-21)19-17-8-10-26(20(17)25-14-24-19)15-27-11-12-29(2,3)4/h8,10,13-14,16H,5-7,11-12,15H2,1-4H3/t16-/m0/s1. The number of nitriles is 1. The van der Waals surface area contributed by atoms with E-state index >= 15 is 0 Å². The van der Waals surface area contributed by atoms with Gasteiger partial charge in [-0.3, -0.25) is 0 Å². The quantitative estimate of drug-likeness (QED) is 0.308. The summed E-state index contributed by atoms with van der Waals surface area (Å²) >= 11 is 1.63. The zero-order valence-electron chi connectivity index (χ0n) is 17.7. The van der Waals surface area contributed by atoms with Gasteiger partial charge in [0.2, 0.25) is 0 Å². The zero-order chi connectivity index (χ0) is 20.9. The first-order valence-electron chi connectivity index (χ1n) is 10.1. The summed E-state index contributed by atoms with van der Waals surface area (Å²) < 4.78 is 7.92. The summed E-state index contributed by atoms with van der Waals surface area (Å²) in [6, 6.07) is 5.49. The number of aromatic nitrogens is 4. The number of nitrogens with zero attached hydrogens (tertiary/aromatic N) is 5. The summed E-state index contributed by atoms with van der Waals surface area (Å²) in [5.41, 5.74) is 1.77. The fraction of sp³-hybridized carbons (Fsp3) is 0.524. The van der Waals surface area contributed by atoms with Crippen LogP contribution in [0.1, 0.15) is 37.1 Å². The highest BCUT2D eigenvalue weighted by Crippen LogP contribution is 2.35. The summed E-state index contributed by atoms with van der Waals surface area (Å²) in [7, 11) is -1.09. The molecule has 0 saturated heterocycles. The van der Waals surface area contributed by atoms with Gasteiger partial charge in [0.25, 0.3) is 0 Å². The van der Waals surface area contributed by atoms with Gasteiger partial charge in [-0.2, -0.15) is 5.26 Å². The van der Waals surface area contributed by atoms with Crippen molar-refractivity contribution in [3.05, 3.63) is 29.8 Å². The lowest BCUT2D eigenvalue weighted by Crippen LogP contribution is -2.22. The first kappa shape index (κ1) is 21.6. The van der Waals surface area contributed by atoms with Crippen LogP contribution in [0.4, 0.5) is 0 Å². The first-order valence-corrected chi connectivity index (χ1v) is 14.7. The Morgan fingerprint density at radius 2 is 2.10 bits per heavy atom. The van der Waals surface area contributed by atoms with Gasteiger partial charge in [-0.05, 0) is 18.5 Å². The Hall–Kier alpha value is -2.08. The molecule has 3 heterocycles. The lowest BCUT2D eigenvalue weighted by Gasteiger charge is -2.15. The summed E-state index contributed by atoms with van der Waals surface area (Å²) in [5.74, 6) is 0.199. The Kier molecular flexibility index (Phi) is 7.17. The van der Waals surface area contributed by atoms with Gasteiger partial charge in [0.05, 0.1) is 21.6 Å². The highest BCUT2D eigenvalue weighted by atomic mass is 32.1. The average Bonchev–Trinajstić information content (AvgIpc) is 3.32. The number of hydrogen-bond donors (Lipinski definition) is 0. The first-order chi connectivity index (χ1) is 13.9. The summed E-state index contributed by atoms with van der Waals surface area (Å²) in [5, 5.41) is 11.1. The summed E-state index contributed by atoms with van der Waals surface area (Å²) in [6.07, 6.45) is 8.02. The van der Waals surface area contributed by atoms with Crippen LogP contribution >= 0.6 is 11.3 Å². The Balaban J connectivity index is 1.79. The van der Waals surface area contributed by atoms with Crippen molar-refractivity contribution in [3.8, 4) is 16.6 Å². The maximum Gasteiger partial charge on any atom is 0.145 e. The fourth-order valence-corrected chi connectivity index (χ4v) is 5.02. The molecule has 1 atom stereocenters. The molecule has 0 aliphatic carbocycles. The second kappa shape index (κ2) is 9.61. The minimum atomic E-state index is -1.09. The van der Waals surface area contributed by atoms with E-state index in [2.05, 4.69) is 47.6 Å². The van der Waals surface area contributed by atoms with E-state index in [-0.39, 0.29) is 5.92 Å². The van der Waals surface area contributed by atoms with E-state index in [4.69, 9.17) is 10.00 Å². The van der Waals surface area contributed by atoms with Gasteiger partial charge in [-0.1, -0.05) is 33.0 Å². The Morgan fingerprint density at radius 1 is 1.28 bits per heavy atom. The van der Waals surface area contributed by atoms with Crippen LogP contribution in [0.5, 0.6) is 0 Å². The number of fused-ring (bicyclic) bond motifs is 1. The van der Waals surface area contributed by atoms with Gasteiger partial charge in [-0.15, -0.1) is 11.3 Å². The molecular weight excluding hydrogens is 398 g/mol. The molecule has 0 aliphatic heterocycles. The van der Waals surface area contributed by atoms with E-state index in [1.807, 2.05) is 23.0 Å². The van der Waals surface area contributed by atoms with Crippen molar-refractivity contribution in [1.82, 2.24) is 19.5 Å². The van der Waals surface area contributed by atoms with Crippen LogP contribution in [-0.4, -0.2) is 34.2 Å². The lowest BCUT2D eigenvalue weighted by molar-refractivity contribution is 0.0899. The molecule has 3 rings (SSSR count). The van der Waals surface area contributed by atoms with Crippen LogP contribution < -0.4 is 0 Å². The monoisotopic (exact) mass is 427 g/mol. The van der Waals surface area contributed by atoms with Crippen LogP contribution in [-0.2, 0) is 11.5 Å². The normalized spacial score (nSPS) is 12.9. The van der Waals surface area contributed by atoms with Crippen LogP contribution in [0.3, 0.4) is 0 Å². The topological polar surface area (TPSA) is 76.6 Å². The van der Waals surface area contributed by atoms with Crippen LogP contribution in [0.25, 0.3) is 21.6 Å². The van der Waals surface area contributed by atoms with E-state index in [1.165, 1.54) is 0 Å². The van der Waals surface area contributed by atoms with Crippen molar-refractivity contribution in [3.63, 3.8) is 0 Å². The molecule has 0 fully saturated rings. The lowest BCUT2D eigenvalue weighted by atomic mass is 10.0. The second-order valence-corrected chi connectivity index (χ2v) is 15.2. The Labute approximate surface area is 177 Å². The van der Waals surface area contributed by atoms with E-state index < -0.39 is 8.07 Å². The van der Waals surface area contributed by atoms with Crippen molar-refractivity contribution in [1.29, 1.82) is 5.26 Å². The largest absolute Gasteiger partial charge is 0.361 e. The molecule has 0 aromatic carbocycles. The van der Waals surface area contributed by atoms with E-state index in [1.54, 1.807) is 17.7 Å². The molecule has 0 N–H and O–H groups in total. The van der Waals surface area contributed by atoms with Crippen molar-refractivity contribution in [2.45, 2.75) is 64.5 Å². The molecule has 0 aliphatic rings. The third-order valence-electron chi connectivity index (χ3n) is 4.86. The van der Waals surface area contributed by atoms with E-state index in [9.17, 15) is 0 Å². The molecule has 3 aromatic rings. The Morgan fingerprint density at radius 3 is 2.83 bits per heavy atom. The van der Waals surface area contributed by atoms with Gasteiger partial charge in [0.15, 0.2) is 0 Å². The maximum atomic E-state index is 9.12. The molecule has 0 spiro atoms. The van der Waals surface area contributed by atoms with Crippen LogP contribution in [0.2, 0.25) is 25.7 Å². The van der Waals surface area contributed by atoms with Gasteiger partial charge in [0, 0.05) is 44.8 Å². The van der Waals surface area contributed by atoms with Gasteiger partial charge in [0.1, 0.15) is 18.7 Å². The predicted octanol–water partition coefficient (Wildman–Crippen LogP) is 5.66. The van der Waals surface area contributed by atoms with E-state index in [0.29, 0.717) is 13.2 Å². The molecule has 0 radical (unpaired) electrons. The SMILES string of the molecule is CCC[C@@H](CC#N)c1ncc(-c2ncnc3c2ccn3COCC[Si](C)(C)C)s1. The maximum absolute atomic E-state index is 9.12. The number of thiazole rings is 1. The van der Waals surface area contributed by atoms with Crippen LogP contribution in [0, 0.1) is 11.3 Å². The molecule has 29 heavy (non-hydrogen) atoms. The highest BCUT2D eigenvalue weighted by molar-refractivity contribution is 7.15. The predicted molar refractivity (Wildman–Crippen MR) is 121 cm³/mol. The van der Waals surface area contributed by atoms with Gasteiger partial charge >= 0.3 is 0 Å². The molecule has 0 unspecified atom stereocenters. The van der Waals surface area contributed by atoms with Gasteiger partial charge in [-0.25, -0.2) is 15.0 Å². The molecule has 0 saturated carbocycles. The second-order valence-electron chi connectivity index (χ2n) is 8.50. The molecule has 8 heteroatoms. The minimum Gasteiger partial charge on any atom is -0.361 e. The number of hydrogen-bond acceptors (Lipinski definition) is 6. The van der Waals surface area contributed by atoms with Crippen molar-refractivity contribution in [2.75, 3.05) is 6.61 Å². The number of rotatable bonds is 10. The summed E-state index contributed by atoms with van der Waals surface area (Å²) in [6.45, 7) is 10.5. The smallest absolute Gasteiger partial charge is 0.145 e. The fourth-order valence-electron chi connectivity index (χ4n) is 3.20. The van der Waals surface area contributed by atoms with Crippen LogP contribution in [0.15, 0.2) is 24.8 Å². The molecule has 6 nitrogen and oxygen atoms in total. The zero-order valence-corrected chi connectivity index (χ0v) is 19.5. The number of ether oxygens (including phenoxy) is 1. The van der Waals surface area contributed by atoms with Crippen molar-refractivity contribution >= 4 is 30.4 Å². The molecule has 154 valence electrons. The van der Waals surface area contributed by atoms with E-state index in [0.717, 1.165) is 52.1 Å². The third-order valence-corrected chi connectivity index (χ3v) is 7.73. The van der Waals surface area contributed by atoms with Crippen molar-refractivity contribution < 1.29 is 4.74 Å².